The van der Waals surface area contributed by atoms with Crippen molar-refractivity contribution in [1.82, 2.24) is 15.0 Å². The maximum absolute atomic E-state index is 12.6. The Labute approximate surface area is 192 Å². The van der Waals surface area contributed by atoms with Crippen LogP contribution in [0.25, 0.3) is 5.57 Å². The molecule has 0 spiro atoms. The van der Waals surface area contributed by atoms with E-state index in [1.54, 1.807) is 15.8 Å². The van der Waals surface area contributed by atoms with Crippen LogP contribution >= 0.6 is 0 Å². The molecule has 10 nitrogen and oxygen atoms in total. The fraction of sp³-hybridized carbons (Fsp3) is 0.455. The number of hydrogen-bond donors (Lipinski definition) is 1. The summed E-state index contributed by atoms with van der Waals surface area (Å²) in [4.78, 5) is 25.1. The number of hydrogen-bond acceptors (Lipinski definition) is 8. The molecule has 176 valence electrons. The number of aromatic nitrogens is 3. The van der Waals surface area contributed by atoms with E-state index in [1.165, 1.54) is 6.92 Å². The fourth-order valence-electron chi connectivity index (χ4n) is 4.23. The summed E-state index contributed by atoms with van der Waals surface area (Å²) in [7, 11) is -2.49. The van der Waals surface area contributed by atoms with Gasteiger partial charge >= 0.3 is 12.1 Å². The van der Waals surface area contributed by atoms with E-state index in [9.17, 15) is 13.8 Å². The molecular weight excluding hydrogens is 446 g/mol. The summed E-state index contributed by atoms with van der Waals surface area (Å²) in [5.74, 6) is 0.274. The number of nitrogens with one attached hydrogen (secondary N) is 1. The molecular formula is C22H27N5O5S. The Kier molecular flexibility index (Phi) is 6.24. The Balaban J connectivity index is 1.46. The lowest BCUT2D eigenvalue weighted by atomic mass is 9.93. The standard InChI is InChI=1S/C22H27N5O5S/c1-14-8-19(9-15(2)21(14)17-4-6-33(23,30)7-5-17)27-12-20(32-22(27)29)11-26-10-18(24-25-26)13-31-16(3)28/h4,8-10,20,23H,5-7,11-13H2,1-3H3. The first kappa shape index (κ1) is 23.0. The number of carbonyl (C=O) groups is 2. The smallest absolute Gasteiger partial charge is 0.414 e. The highest BCUT2D eigenvalue weighted by Crippen LogP contribution is 2.33. The predicted octanol–water partition coefficient (Wildman–Crippen LogP) is 2.82. The highest BCUT2D eigenvalue weighted by Gasteiger charge is 2.33. The van der Waals surface area contributed by atoms with E-state index in [4.69, 9.17) is 14.3 Å². The van der Waals surface area contributed by atoms with Crippen LogP contribution in [0.3, 0.4) is 0 Å². The number of aryl methyl sites for hydroxylation is 2. The van der Waals surface area contributed by atoms with Gasteiger partial charge < -0.3 is 9.47 Å². The zero-order valence-electron chi connectivity index (χ0n) is 18.9. The van der Waals surface area contributed by atoms with Crippen molar-refractivity contribution in [3.05, 3.63) is 46.8 Å². The molecule has 1 saturated heterocycles. The molecule has 2 aliphatic heterocycles. The molecule has 0 saturated carbocycles. The molecule has 1 amide bonds. The molecule has 2 aromatic rings. The van der Waals surface area contributed by atoms with Gasteiger partial charge in [-0.15, -0.1) is 5.10 Å². The van der Waals surface area contributed by atoms with Gasteiger partial charge in [-0.2, -0.15) is 0 Å². The van der Waals surface area contributed by atoms with E-state index >= 15 is 0 Å². The molecule has 33 heavy (non-hydrogen) atoms. The van der Waals surface area contributed by atoms with Crippen LogP contribution in [0.1, 0.15) is 35.7 Å². The van der Waals surface area contributed by atoms with Gasteiger partial charge in [0.15, 0.2) is 0 Å². The summed E-state index contributed by atoms with van der Waals surface area (Å²) >= 11 is 0. The van der Waals surface area contributed by atoms with Crippen LogP contribution in [0.4, 0.5) is 10.5 Å². The Morgan fingerprint density at radius 3 is 2.70 bits per heavy atom. The van der Waals surface area contributed by atoms with E-state index in [1.807, 2.05) is 32.1 Å². The molecule has 1 fully saturated rings. The molecule has 11 heteroatoms. The monoisotopic (exact) mass is 473 g/mol. The van der Waals surface area contributed by atoms with Crippen LogP contribution in [-0.4, -0.2) is 55.4 Å². The number of ether oxygens (including phenoxy) is 2. The first-order chi connectivity index (χ1) is 15.6. The number of anilines is 1. The first-order valence-corrected chi connectivity index (χ1v) is 12.6. The quantitative estimate of drug-likeness (QED) is 0.639. The number of cyclic esters (lactones) is 1. The van der Waals surface area contributed by atoms with Crippen molar-refractivity contribution >= 4 is 33.1 Å². The highest BCUT2D eigenvalue weighted by atomic mass is 32.2. The largest absolute Gasteiger partial charge is 0.459 e. The number of nitrogens with zero attached hydrogens (tertiary/aromatic N) is 4. The molecule has 0 bridgehead atoms. The summed E-state index contributed by atoms with van der Waals surface area (Å²) in [6.07, 6.45) is 3.39. The molecule has 0 aliphatic carbocycles. The third-order valence-corrected chi connectivity index (χ3v) is 7.29. The van der Waals surface area contributed by atoms with Gasteiger partial charge in [-0.05, 0) is 54.7 Å². The minimum Gasteiger partial charge on any atom is -0.459 e. The summed E-state index contributed by atoms with van der Waals surface area (Å²) in [6.45, 7) is 6.08. The highest BCUT2D eigenvalue weighted by molar-refractivity contribution is 7.92. The average molecular weight is 474 g/mol. The van der Waals surface area contributed by atoms with Gasteiger partial charge in [-0.25, -0.2) is 13.7 Å². The van der Waals surface area contributed by atoms with Crippen LogP contribution in [0.15, 0.2) is 24.4 Å². The number of esters is 1. The minimum atomic E-state index is -2.49. The van der Waals surface area contributed by atoms with Crippen molar-refractivity contribution in [1.29, 1.82) is 4.78 Å². The second kappa shape index (κ2) is 8.97. The van der Waals surface area contributed by atoms with Gasteiger partial charge in [0.1, 0.15) is 18.4 Å². The molecule has 2 atom stereocenters. The van der Waals surface area contributed by atoms with Crippen molar-refractivity contribution in [2.75, 3.05) is 23.0 Å². The van der Waals surface area contributed by atoms with Gasteiger partial charge in [0.2, 0.25) is 0 Å². The maximum Gasteiger partial charge on any atom is 0.414 e. The van der Waals surface area contributed by atoms with Gasteiger partial charge in [0.05, 0.1) is 25.0 Å². The van der Waals surface area contributed by atoms with Crippen LogP contribution in [-0.2, 0) is 37.1 Å². The maximum atomic E-state index is 12.6. The summed E-state index contributed by atoms with van der Waals surface area (Å²) in [6, 6.07) is 3.93. The lowest BCUT2D eigenvalue weighted by Gasteiger charge is -2.22. The molecule has 1 aromatic carbocycles. The van der Waals surface area contributed by atoms with Crippen molar-refractivity contribution in [3.8, 4) is 0 Å². The average Bonchev–Trinajstić information content (AvgIpc) is 3.33. The third-order valence-electron chi connectivity index (χ3n) is 5.72. The van der Waals surface area contributed by atoms with E-state index in [0.29, 0.717) is 31.0 Å². The number of amides is 1. The number of benzene rings is 1. The number of carbonyl (C=O) groups excluding carboxylic acids is 2. The summed E-state index contributed by atoms with van der Waals surface area (Å²) < 4.78 is 31.8. The van der Waals surface area contributed by atoms with Crippen molar-refractivity contribution < 1.29 is 23.3 Å². The molecule has 2 aliphatic rings. The zero-order valence-corrected chi connectivity index (χ0v) is 19.7. The van der Waals surface area contributed by atoms with Crippen LogP contribution in [0.5, 0.6) is 0 Å². The molecule has 4 rings (SSSR count). The minimum absolute atomic E-state index is 0.0478. The van der Waals surface area contributed by atoms with Crippen LogP contribution < -0.4 is 4.90 Å². The number of allylic oxidation sites excluding steroid dienone is 1. The molecule has 3 heterocycles. The Hall–Kier alpha value is -3.21. The van der Waals surface area contributed by atoms with Crippen molar-refractivity contribution in [2.45, 2.75) is 46.4 Å². The second-order valence-electron chi connectivity index (χ2n) is 8.45. The van der Waals surface area contributed by atoms with E-state index in [0.717, 1.165) is 28.0 Å². The lowest BCUT2D eigenvalue weighted by molar-refractivity contribution is -0.142. The number of rotatable bonds is 6. The fourth-order valence-corrected chi connectivity index (χ4v) is 5.42. The van der Waals surface area contributed by atoms with E-state index in [-0.39, 0.29) is 12.4 Å². The van der Waals surface area contributed by atoms with Gasteiger partial charge in [0, 0.05) is 28.1 Å². The Morgan fingerprint density at radius 2 is 2.06 bits per heavy atom. The molecule has 1 aromatic heterocycles. The van der Waals surface area contributed by atoms with Gasteiger partial charge in [0.25, 0.3) is 0 Å². The third kappa shape index (κ3) is 5.24. The van der Waals surface area contributed by atoms with E-state index in [2.05, 4.69) is 10.3 Å². The molecule has 1 N–H and O–H groups in total. The van der Waals surface area contributed by atoms with Gasteiger partial charge in [-0.3, -0.25) is 14.5 Å². The van der Waals surface area contributed by atoms with Gasteiger partial charge in [-0.1, -0.05) is 11.3 Å². The molecule has 2 unspecified atom stereocenters. The second-order valence-corrected chi connectivity index (χ2v) is 10.8. The first-order valence-electron chi connectivity index (χ1n) is 10.7. The van der Waals surface area contributed by atoms with Crippen molar-refractivity contribution in [3.63, 3.8) is 0 Å². The summed E-state index contributed by atoms with van der Waals surface area (Å²) in [5.41, 5.74) is 5.54. The SMILES string of the molecule is CC(=O)OCc1cn(CC2CN(c3cc(C)c(C4=CCS(=N)(=O)CC4)c(C)c3)C(=O)O2)nn1. The van der Waals surface area contributed by atoms with Crippen LogP contribution in [0.2, 0.25) is 0 Å². The predicted molar refractivity (Wildman–Crippen MR) is 122 cm³/mol. The van der Waals surface area contributed by atoms with Crippen LogP contribution in [0, 0.1) is 18.6 Å². The Morgan fingerprint density at radius 1 is 1.33 bits per heavy atom. The lowest BCUT2D eigenvalue weighted by Crippen LogP contribution is -2.26. The summed E-state index contributed by atoms with van der Waals surface area (Å²) in [5, 5.41) is 7.97. The molecule has 0 radical (unpaired) electrons. The van der Waals surface area contributed by atoms with Crippen molar-refractivity contribution in [2.24, 2.45) is 0 Å². The zero-order chi connectivity index (χ0) is 23.8. The van der Waals surface area contributed by atoms with E-state index < -0.39 is 27.9 Å². The topological polar surface area (TPSA) is 127 Å². The normalized spacial score (nSPS) is 22.8. The Bertz CT molecular complexity index is 1210.